The van der Waals surface area contributed by atoms with Crippen molar-refractivity contribution in [2.45, 2.75) is 51.5 Å². The Labute approximate surface area is 125 Å². The Kier molecular flexibility index (Phi) is 3.27. The number of nitrogens with one attached hydrogen (secondary N) is 1. The van der Waals surface area contributed by atoms with E-state index in [0.29, 0.717) is 12.8 Å². The molecule has 0 bridgehead atoms. The lowest BCUT2D eigenvalue weighted by molar-refractivity contribution is -0.134. The fraction of sp³-hybridized carbons (Fsp3) is 0.529. The molecule has 4 nitrogen and oxygen atoms in total. The van der Waals surface area contributed by atoms with Crippen LogP contribution in [0.4, 0.5) is 5.69 Å². The third-order valence-electron chi connectivity index (χ3n) is 4.46. The van der Waals surface area contributed by atoms with Gasteiger partial charge in [-0.25, -0.2) is 0 Å². The highest BCUT2D eigenvalue weighted by molar-refractivity contribution is 6.01. The summed E-state index contributed by atoms with van der Waals surface area (Å²) in [5, 5.41) is 2.45. The Balaban J connectivity index is 1.87. The van der Waals surface area contributed by atoms with Crippen molar-refractivity contribution in [3.8, 4) is 0 Å². The lowest BCUT2D eigenvalue weighted by Crippen LogP contribution is -2.52. The van der Waals surface area contributed by atoms with E-state index >= 15 is 0 Å². The molecule has 3 rings (SSSR count). The maximum Gasteiger partial charge on any atom is 0.249 e. The van der Waals surface area contributed by atoms with Crippen LogP contribution in [0.15, 0.2) is 18.2 Å². The minimum atomic E-state index is -0.204. The second-order valence-electron chi connectivity index (χ2n) is 7.00. The summed E-state index contributed by atoms with van der Waals surface area (Å²) in [4.78, 5) is 25.5. The van der Waals surface area contributed by atoms with Crippen molar-refractivity contribution >= 4 is 17.5 Å². The smallest absolute Gasteiger partial charge is 0.249 e. The second-order valence-corrected chi connectivity index (χ2v) is 7.00. The molecule has 112 valence electrons. The average Bonchev–Trinajstić information content (AvgIpc) is 2.80. The molecule has 1 N–H and O–H groups in total. The van der Waals surface area contributed by atoms with Gasteiger partial charge >= 0.3 is 0 Å². The van der Waals surface area contributed by atoms with E-state index in [-0.39, 0.29) is 23.3 Å². The molecule has 1 aromatic carbocycles. The molecule has 0 saturated carbocycles. The van der Waals surface area contributed by atoms with Gasteiger partial charge in [-0.1, -0.05) is 32.9 Å². The second kappa shape index (κ2) is 4.86. The average molecular weight is 286 g/mol. The first-order valence-electron chi connectivity index (χ1n) is 7.60. The van der Waals surface area contributed by atoms with Crippen molar-refractivity contribution in [2.24, 2.45) is 0 Å². The number of imide groups is 1. The highest BCUT2D eigenvalue weighted by Gasteiger charge is 2.35. The van der Waals surface area contributed by atoms with Crippen LogP contribution < -0.4 is 10.2 Å². The number of hydrogen-bond donors (Lipinski definition) is 1. The van der Waals surface area contributed by atoms with Crippen molar-refractivity contribution in [1.82, 2.24) is 5.32 Å². The van der Waals surface area contributed by atoms with Gasteiger partial charge in [0.1, 0.15) is 6.04 Å². The number of hydrogen-bond acceptors (Lipinski definition) is 3. The first kappa shape index (κ1) is 14.1. The quantitative estimate of drug-likeness (QED) is 0.805. The number of anilines is 1. The summed E-state index contributed by atoms with van der Waals surface area (Å²) in [5.41, 5.74) is 3.92. The third kappa shape index (κ3) is 2.55. The molecule has 2 aliphatic rings. The van der Waals surface area contributed by atoms with Gasteiger partial charge < -0.3 is 4.90 Å². The summed E-state index contributed by atoms with van der Waals surface area (Å²) in [7, 11) is 0. The molecular weight excluding hydrogens is 264 g/mol. The van der Waals surface area contributed by atoms with E-state index in [1.807, 2.05) is 0 Å². The number of rotatable bonds is 1. The number of benzene rings is 1. The zero-order valence-corrected chi connectivity index (χ0v) is 12.9. The largest absolute Gasteiger partial charge is 0.359 e. The van der Waals surface area contributed by atoms with E-state index in [2.05, 4.69) is 49.2 Å². The summed E-state index contributed by atoms with van der Waals surface area (Å²) >= 11 is 0. The Bertz CT molecular complexity index is 601. The van der Waals surface area contributed by atoms with Crippen LogP contribution in [0, 0.1) is 0 Å². The molecule has 2 heterocycles. The third-order valence-corrected chi connectivity index (χ3v) is 4.46. The first-order valence-corrected chi connectivity index (χ1v) is 7.60. The van der Waals surface area contributed by atoms with Crippen LogP contribution in [-0.4, -0.2) is 24.4 Å². The number of nitrogens with zero attached hydrogens (tertiary/aromatic N) is 1. The first-order chi connectivity index (χ1) is 9.86. The van der Waals surface area contributed by atoms with Crippen molar-refractivity contribution in [2.75, 3.05) is 11.4 Å². The van der Waals surface area contributed by atoms with Gasteiger partial charge in [0, 0.05) is 18.7 Å². The summed E-state index contributed by atoms with van der Waals surface area (Å²) in [6.45, 7) is 7.49. The Morgan fingerprint density at radius 3 is 2.62 bits per heavy atom. The summed E-state index contributed by atoms with van der Waals surface area (Å²) in [6, 6.07) is 6.35. The van der Waals surface area contributed by atoms with Gasteiger partial charge in [0.25, 0.3) is 0 Å². The fourth-order valence-electron chi connectivity index (χ4n) is 3.20. The van der Waals surface area contributed by atoms with E-state index in [4.69, 9.17) is 0 Å². The van der Waals surface area contributed by atoms with Crippen LogP contribution in [0.2, 0.25) is 0 Å². The number of carbonyl (C=O) groups is 2. The van der Waals surface area contributed by atoms with Crippen LogP contribution in [0.25, 0.3) is 0 Å². The molecule has 1 aromatic rings. The molecule has 4 heteroatoms. The number of fused-ring (bicyclic) bond motifs is 1. The molecule has 0 aromatic heterocycles. The molecule has 0 radical (unpaired) electrons. The van der Waals surface area contributed by atoms with E-state index in [9.17, 15) is 9.59 Å². The molecule has 2 aliphatic heterocycles. The summed E-state index contributed by atoms with van der Waals surface area (Å²) in [6.07, 6.45) is 2.02. The van der Waals surface area contributed by atoms with Crippen LogP contribution in [0.1, 0.15) is 44.7 Å². The van der Waals surface area contributed by atoms with Crippen molar-refractivity contribution in [1.29, 1.82) is 0 Å². The summed E-state index contributed by atoms with van der Waals surface area (Å²) < 4.78 is 0. The summed E-state index contributed by atoms with van der Waals surface area (Å²) in [5.74, 6) is -0.308. The minimum absolute atomic E-state index is 0.136. The van der Waals surface area contributed by atoms with Gasteiger partial charge in [0.2, 0.25) is 11.8 Å². The van der Waals surface area contributed by atoms with Gasteiger partial charge in [0.05, 0.1) is 0 Å². The topological polar surface area (TPSA) is 49.4 Å². The molecule has 1 atom stereocenters. The van der Waals surface area contributed by atoms with Crippen LogP contribution >= 0.6 is 0 Å². The van der Waals surface area contributed by atoms with Gasteiger partial charge in [0.15, 0.2) is 0 Å². The zero-order chi connectivity index (χ0) is 15.2. The number of carbonyl (C=O) groups excluding carboxylic acids is 2. The van der Waals surface area contributed by atoms with Gasteiger partial charge in [-0.15, -0.1) is 0 Å². The standard InChI is InChI=1S/C17H22N2O2/c1-17(2,3)12-4-5-13-11(10-12)8-9-19(13)14-6-7-15(20)18-16(14)21/h4-5,10,14H,6-9H2,1-3H3,(H,18,20,21). The van der Waals surface area contributed by atoms with Crippen molar-refractivity contribution < 1.29 is 9.59 Å². The number of amides is 2. The van der Waals surface area contributed by atoms with E-state index < -0.39 is 0 Å². The Morgan fingerprint density at radius 1 is 1.19 bits per heavy atom. The molecule has 0 aliphatic carbocycles. The molecule has 1 fully saturated rings. The monoisotopic (exact) mass is 286 g/mol. The highest BCUT2D eigenvalue weighted by Crippen LogP contribution is 2.35. The van der Waals surface area contributed by atoms with Crippen molar-refractivity contribution in [3.63, 3.8) is 0 Å². The maximum atomic E-state index is 12.1. The molecule has 1 saturated heterocycles. The zero-order valence-electron chi connectivity index (χ0n) is 12.9. The lowest BCUT2D eigenvalue weighted by atomic mass is 9.86. The minimum Gasteiger partial charge on any atom is -0.359 e. The SMILES string of the molecule is CC(C)(C)c1ccc2c(c1)CCN2C1CCC(=O)NC1=O. The fourth-order valence-corrected chi connectivity index (χ4v) is 3.20. The number of piperidine rings is 1. The van der Waals surface area contributed by atoms with E-state index in [0.717, 1.165) is 18.7 Å². The van der Waals surface area contributed by atoms with Gasteiger partial charge in [-0.05, 0) is 35.4 Å². The Hall–Kier alpha value is -1.84. The van der Waals surface area contributed by atoms with Crippen LogP contribution in [0.3, 0.4) is 0 Å². The van der Waals surface area contributed by atoms with E-state index in [1.165, 1.54) is 11.1 Å². The predicted octanol–water partition coefficient (Wildman–Crippen LogP) is 2.15. The molecule has 21 heavy (non-hydrogen) atoms. The lowest BCUT2D eigenvalue weighted by Gasteiger charge is -2.32. The normalized spacial score (nSPS) is 22.2. The molecule has 0 spiro atoms. The Morgan fingerprint density at radius 2 is 1.95 bits per heavy atom. The predicted molar refractivity (Wildman–Crippen MR) is 82.4 cm³/mol. The van der Waals surface area contributed by atoms with Gasteiger partial charge in [-0.3, -0.25) is 14.9 Å². The van der Waals surface area contributed by atoms with Gasteiger partial charge in [-0.2, -0.15) is 0 Å². The molecule has 1 unspecified atom stereocenters. The van der Waals surface area contributed by atoms with E-state index in [1.54, 1.807) is 0 Å². The van der Waals surface area contributed by atoms with Crippen LogP contribution in [-0.2, 0) is 21.4 Å². The maximum absolute atomic E-state index is 12.1. The molecule has 2 amide bonds. The highest BCUT2D eigenvalue weighted by atomic mass is 16.2. The van der Waals surface area contributed by atoms with Crippen molar-refractivity contribution in [3.05, 3.63) is 29.3 Å². The molecular formula is C17H22N2O2. The van der Waals surface area contributed by atoms with Crippen LogP contribution in [0.5, 0.6) is 0 Å².